The summed E-state index contributed by atoms with van der Waals surface area (Å²) < 4.78 is 5.60. The number of urea groups is 1. The lowest BCUT2D eigenvalue weighted by atomic mass is 10.2. The number of hydrogen-bond acceptors (Lipinski definition) is 3. The van der Waals surface area contributed by atoms with Crippen molar-refractivity contribution in [3.63, 3.8) is 0 Å². The summed E-state index contributed by atoms with van der Waals surface area (Å²) in [7, 11) is 2.08. The number of carbonyl (C=O) groups is 1. The van der Waals surface area contributed by atoms with Gasteiger partial charge in [-0.1, -0.05) is 0 Å². The summed E-state index contributed by atoms with van der Waals surface area (Å²) >= 11 is 0. The molecule has 0 aromatic heterocycles. The third-order valence-corrected chi connectivity index (χ3v) is 2.71. The van der Waals surface area contributed by atoms with Crippen LogP contribution in [0.25, 0.3) is 0 Å². The van der Waals surface area contributed by atoms with Crippen LogP contribution in [-0.4, -0.2) is 68.3 Å². The first kappa shape index (κ1) is 9.73. The second-order valence-corrected chi connectivity index (χ2v) is 3.93. The van der Waals surface area contributed by atoms with Crippen molar-refractivity contribution in [3.8, 4) is 0 Å². The minimum absolute atomic E-state index is 0.0434. The van der Waals surface area contributed by atoms with Gasteiger partial charge in [0.2, 0.25) is 0 Å². The Morgan fingerprint density at radius 1 is 1.57 bits per heavy atom. The normalized spacial score (nSPS) is 29.4. The van der Waals surface area contributed by atoms with Crippen LogP contribution in [0.15, 0.2) is 0 Å². The monoisotopic (exact) mass is 199 g/mol. The second-order valence-electron chi connectivity index (χ2n) is 3.93. The lowest BCUT2D eigenvalue weighted by Gasteiger charge is -2.32. The molecule has 2 fully saturated rings. The van der Waals surface area contributed by atoms with Gasteiger partial charge < -0.3 is 19.9 Å². The third-order valence-electron chi connectivity index (χ3n) is 2.71. The van der Waals surface area contributed by atoms with Crippen molar-refractivity contribution in [2.45, 2.75) is 6.10 Å². The van der Waals surface area contributed by atoms with E-state index in [-0.39, 0.29) is 12.1 Å². The second kappa shape index (κ2) is 4.14. The number of carbonyl (C=O) groups excluding carboxylic acids is 1. The van der Waals surface area contributed by atoms with Crippen LogP contribution < -0.4 is 5.32 Å². The Morgan fingerprint density at radius 2 is 2.43 bits per heavy atom. The molecule has 2 aliphatic heterocycles. The number of likely N-dealkylation sites (N-methyl/N-ethyl adjacent to an activating group) is 1. The molecule has 0 aromatic rings. The van der Waals surface area contributed by atoms with Gasteiger partial charge in [0.15, 0.2) is 0 Å². The number of nitrogens with one attached hydrogen (secondary N) is 1. The van der Waals surface area contributed by atoms with Gasteiger partial charge in [-0.25, -0.2) is 4.79 Å². The fourth-order valence-electron chi connectivity index (χ4n) is 1.91. The summed E-state index contributed by atoms with van der Waals surface area (Å²) in [6.45, 7) is 4.98. The van der Waals surface area contributed by atoms with Crippen LogP contribution in [0, 0.1) is 0 Å². The number of nitrogens with zero attached hydrogens (tertiary/aromatic N) is 2. The Kier molecular flexibility index (Phi) is 2.88. The molecule has 2 rings (SSSR count). The minimum atomic E-state index is 0.0434. The fourth-order valence-corrected chi connectivity index (χ4v) is 1.91. The lowest BCUT2D eigenvalue weighted by Crippen LogP contribution is -2.46. The number of morpholine rings is 1. The molecule has 2 saturated heterocycles. The van der Waals surface area contributed by atoms with Gasteiger partial charge in [0, 0.05) is 32.7 Å². The van der Waals surface area contributed by atoms with Crippen molar-refractivity contribution < 1.29 is 9.53 Å². The lowest BCUT2D eigenvalue weighted by molar-refractivity contribution is -0.0286. The van der Waals surface area contributed by atoms with E-state index in [9.17, 15) is 4.79 Å². The number of rotatable bonds is 2. The first-order chi connectivity index (χ1) is 6.75. The van der Waals surface area contributed by atoms with Crippen LogP contribution in [0.2, 0.25) is 0 Å². The van der Waals surface area contributed by atoms with E-state index >= 15 is 0 Å². The highest BCUT2D eigenvalue weighted by Crippen LogP contribution is 2.07. The number of amides is 2. The highest BCUT2D eigenvalue weighted by Gasteiger charge is 2.25. The average molecular weight is 199 g/mol. The van der Waals surface area contributed by atoms with E-state index in [2.05, 4.69) is 17.3 Å². The molecule has 1 N–H and O–H groups in total. The Balaban J connectivity index is 1.81. The zero-order chi connectivity index (χ0) is 9.97. The highest BCUT2D eigenvalue weighted by molar-refractivity contribution is 5.76. The van der Waals surface area contributed by atoms with Crippen LogP contribution in [0.4, 0.5) is 4.79 Å². The largest absolute Gasteiger partial charge is 0.374 e. The molecule has 14 heavy (non-hydrogen) atoms. The van der Waals surface area contributed by atoms with Crippen molar-refractivity contribution >= 4 is 6.03 Å². The molecule has 0 bridgehead atoms. The molecule has 2 heterocycles. The molecule has 0 radical (unpaired) electrons. The topological polar surface area (TPSA) is 44.8 Å². The van der Waals surface area contributed by atoms with E-state index in [0.29, 0.717) is 0 Å². The average Bonchev–Trinajstić information content (AvgIpc) is 2.52. The zero-order valence-corrected chi connectivity index (χ0v) is 8.53. The first-order valence-electron chi connectivity index (χ1n) is 5.08. The zero-order valence-electron chi connectivity index (χ0n) is 8.53. The molecule has 1 atom stereocenters. The molecule has 0 saturated carbocycles. The number of hydrogen-bond donors (Lipinski definition) is 1. The maximum Gasteiger partial charge on any atom is 0.317 e. The van der Waals surface area contributed by atoms with Gasteiger partial charge in [-0.3, -0.25) is 0 Å². The molecule has 0 aromatic carbocycles. The van der Waals surface area contributed by atoms with E-state index in [1.807, 2.05) is 4.90 Å². The van der Waals surface area contributed by atoms with Gasteiger partial charge in [-0.2, -0.15) is 0 Å². The molecule has 80 valence electrons. The summed E-state index contributed by atoms with van der Waals surface area (Å²) in [6, 6.07) is 0.0434. The predicted octanol–water partition coefficient (Wildman–Crippen LogP) is -0.658. The van der Waals surface area contributed by atoms with Crippen molar-refractivity contribution in [3.05, 3.63) is 0 Å². The highest BCUT2D eigenvalue weighted by atomic mass is 16.5. The van der Waals surface area contributed by atoms with E-state index < -0.39 is 0 Å². The molecule has 2 amide bonds. The number of ether oxygens (including phenoxy) is 1. The van der Waals surface area contributed by atoms with Crippen LogP contribution in [0.3, 0.4) is 0 Å². The third kappa shape index (κ3) is 2.16. The SMILES string of the molecule is CN1CCOC(CN2CCNC2=O)C1. The maximum atomic E-state index is 11.3. The van der Waals surface area contributed by atoms with Gasteiger partial charge in [0.05, 0.1) is 12.7 Å². The standard InChI is InChI=1S/C9H17N3O2/c1-11-4-5-14-8(6-11)7-12-3-2-10-9(12)13/h8H,2-7H2,1H3,(H,10,13). The first-order valence-corrected chi connectivity index (χ1v) is 5.08. The van der Waals surface area contributed by atoms with Gasteiger partial charge in [0.1, 0.15) is 0 Å². The van der Waals surface area contributed by atoms with Crippen molar-refractivity contribution in [1.29, 1.82) is 0 Å². The molecule has 5 nitrogen and oxygen atoms in total. The van der Waals surface area contributed by atoms with Crippen LogP contribution in [0.1, 0.15) is 0 Å². The summed E-state index contributed by atoms with van der Waals surface area (Å²) in [5.41, 5.74) is 0. The van der Waals surface area contributed by atoms with Gasteiger partial charge in [-0.15, -0.1) is 0 Å². The molecule has 1 unspecified atom stereocenters. The Morgan fingerprint density at radius 3 is 3.07 bits per heavy atom. The Bertz CT molecular complexity index is 222. The molecule has 0 aliphatic carbocycles. The molecular formula is C9H17N3O2. The maximum absolute atomic E-state index is 11.3. The molecule has 0 spiro atoms. The van der Waals surface area contributed by atoms with E-state index in [4.69, 9.17) is 4.74 Å². The Labute approximate surface area is 84.0 Å². The fraction of sp³-hybridized carbons (Fsp3) is 0.889. The van der Waals surface area contributed by atoms with Gasteiger partial charge >= 0.3 is 6.03 Å². The predicted molar refractivity (Wildman–Crippen MR) is 52.2 cm³/mol. The minimum Gasteiger partial charge on any atom is -0.374 e. The van der Waals surface area contributed by atoms with E-state index in [1.54, 1.807) is 0 Å². The smallest absolute Gasteiger partial charge is 0.317 e. The van der Waals surface area contributed by atoms with E-state index in [0.717, 1.165) is 39.3 Å². The Hall–Kier alpha value is -0.810. The van der Waals surface area contributed by atoms with Crippen LogP contribution in [-0.2, 0) is 4.74 Å². The van der Waals surface area contributed by atoms with Crippen LogP contribution >= 0.6 is 0 Å². The van der Waals surface area contributed by atoms with Gasteiger partial charge in [-0.05, 0) is 7.05 Å². The van der Waals surface area contributed by atoms with E-state index in [1.165, 1.54) is 0 Å². The van der Waals surface area contributed by atoms with Gasteiger partial charge in [0.25, 0.3) is 0 Å². The molecule has 5 heteroatoms. The summed E-state index contributed by atoms with van der Waals surface area (Å²) in [5, 5.41) is 2.79. The summed E-state index contributed by atoms with van der Waals surface area (Å²) in [5.74, 6) is 0. The van der Waals surface area contributed by atoms with Crippen LogP contribution in [0.5, 0.6) is 0 Å². The summed E-state index contributed by atoms with van der Waals surface area (Å²) in [4.78, 5) is 15.3. The molecular weight excluding hydrogens is 182 g/mol. The summed E-state index contributed by atoms with van der Waals surface area (Å²) in [6.07, 6.45) is 0.178. The van der Waals surface area contributed by atoms with Crippen molar-refractivity contribution in [2.75, 3.05) is 46.4 Å². The molecule has 2 aliphatic rings. The van der Waals surface area contributed by atoms with Crippen molar-refractivity contribution in [2.24, 2.45) is 0 Å². The van der Waals surface area contributed by atoms with Crippen molar-refractivity contribution in [1.82, 2.24) is 15.1 Å². The quantitative estimate of drug-likeness (QED) is 0.642.